The molecular weight excluding hydrogens is 252 g/mol. The summed E-state index contributed by atoms with van der Waals surface area (Å²) in [5.41, 5.74) is 0. The van der Waals surface area contributed by atoms with Crippen LogP contribution in [-0.4, -0.2) is 48.7 Å². The lowest BCUT2D eigenvalue weighted by atomic mass is 9.93. The fourth-order valence-corrected chi connectivity index (χ4v) is 3.13. The predicted octanol–water partition coefficient (Wildman–Crippen LogP) is 2.18. The van der Waals surface area contributed by atoms with E-state index >= 15 is 0 Å². The fraction of sp³-hybridized carbons (Fsp3) is 0.938. The second-order valence-electron chi connectivity index (χ2n) is 6.55. The molecule has 0 spiro atoms. The minimum absolute atomic E-state index is 0.0718. The largest absolute Gasteiger partial charge is 0.465 e. The Morgan fingerprint density at radius 3 is 2.70 bits per heavy atom. The third-order valence-electron chi connectivity index (χ3n) is 4.57. The number of rotatable bonds is 7. The third kappa shape index (κ3) is 4.74. The molecule has 4 heteroatoms. The number of carbonyl (C=O) groups excluding carboxylic acids is 1. The Morgan fingerprint density at radius 1 is 1.35 bits per heavy atom. The van der Waals surface area contributed by atoms with Crippen LogP contribution >= 0.6 is 0 Å². The molecule has 0 bridgehead atoms. The maximum Gasteiger partial charge on any atom is 0.323 e. The van der Waals surface area contributed by atoms with E-state index in [2.05, 4.69) is 24.1 Å². The number of hydrogen-bond acceptors (Lipinski definition) is 4. The van der Waals surface area contributed by atoms with E-state index in [0.29, 0.717) is 18.7 Å². The molecule has 1 aliphatic carbocycles. The van der Waals surface area contributed by atoms with Gasteiger partial charge >= 0.3 is 5.97 Å². The number of esters is 1. The Hall–Kier alpha value is -0.610. The van der Waals surface area contributed by atoms with Crippen LogP contribution in [0.2, 0.25) is 0 Å². The Morgan fingerprint density at radius 2 is 2.10 bits per heavy atom. The average molecular weight is 282 g/mol. The first kappa shape index (κ1) is 15.8. The number of likely N-dealkylation sites (tertiary alicyclic amines) is 1. The van der Waals surface area contributed by atoms with Crippen molar-refractivity contribution in [1.29, 1.82) is 0 Å². The van der Waals surface area contributed by atoms with Crippen molar-refractivity contribution < 1.29 is 9.53 Å². The first-order valence-electron chi connectivity index (χ1n) is 8.26. The highest BCUT2D eigenvalue weighted by Gasteiger charge is 2.30. The van der Waals surface area contributed by atoms with Crippen molar-refractivity contribution in [2.24, 2.45) is 5.92 Å². The molecule has 1 N–H and O–H groups in total. The van der Waals surface area contributed by atoms with E-state index < -0.39 is 0 Å². The van der Waals surface area contributed by atoms with Crippen LogP contribution in [0, 0.1) is 5.92 Å². The second kappa shape index (κ2) is 7.41. The Labute approximate surface area is 123 Å². The molecule has 3 unspecified atom stereocenters. The zero-order chi connectivity index (χ0) is 14.5. The molecule has 0 radical (unpaired) electrons. The SMILES string of the molecule is CCOC(=O)C(CCN1CCC(C)CC1C)NC1CC1. The lowest BCUT2D eigenvalue weighted by molar-refractivity contribution is -0.146. The number of carbonyl (C=O) groups is 1. The number of hydrogen-bond donors (Lipinski definition) is 1. The highest BCUT2D eigenvalue weighted by Crippen LogP contribution is 2.23. The Balaban J connectivity index is 1.79. The standard InChI is InChI=1S/C16H30N2O2/c1-4-20-16(19)15(17-14-5-6-14)8-10-18-9-7-12(2)11-13(18)3/h12-15,17H,4-11H2,1-3H3. The van der Waals surface area contributed by atoms with E-state index in [-0.39, 0.29) is 12.0 Å². The van der Waals surface area contributed by atoms with Crippen molar-refractivity contribution in [2.75, 3.05) is 19.7 Å². The van der Waals surface area contributed by atoms with Crippen molar-refractivity contribution in [2.45, 2.75) is 71.0 Å². The van der Waals surface area contributed by atoms with Crippen LogP contribution in [0.25, 0.3) is 0 Å². The third-order valence-corrected chi connectivity index (χ3v) is 4.57. The van der Waals surface area contributed by atoms with Crippen LogP contribution in [0.15, 0.2) is 0 Å². The summed E-state index contributed by atoms with van der Waals surface area (Å²) in [4.78, 5) is 14.5. The van der Waals surface area contributed by atoms with Gasteiger partial charge in [-0.1, -0.05) is 6.92 Å². The lowest BCUT2D eigenvalue weighted by Crippen LogP contribution is -2.45. The highest BCUT2D eigenvalue weighted by molar-refractivity contribution is 5.75. The van der Waals surface area contributed by atoms with E-state index in [4.69, 9.17) is 4.74 Å². The smallest absolute Gasteiger partial charge is 0.323 e. The summed E-state index contributed by atoms with van der Waals surface area (Å²) in [6.45, 7) is 9.16. The van der Waals surface area contributed by atoms with Crippen LogP contribution in [0.4, 0.5) is 0 Å². The minimum Gasteiger partial charge on any atom is -0.465 e. The maximum absolute atomic E-state index is 12.0. The van der Waals surface area contributed by atoms with Gasteiger partial charge in [0.25, 0.3) is 0 Å². The second-order valence-corrected chi connectivity index (χ2v) is 6.55. The zero-order valence-corrected chi connectivity index (χ0v) is 13.2. The molecule has 0 aromatic carbocycles. The molecule has 1 saturated heterocycles. The van der Waals surface area contributed by atoms with Gasteiger partial charge in [-0.2, -0.15) is 0 Å². The summed E-state index contributed by atoms with van der Waals surface area (Å²) >= 11 is 0. The first-order valence-corrected chi connectivity index (χ1v) is 8.26. The summed E-state index contributed by atoms with van der Waals surface area (Å²) in [7, 11) is 0. The highest BCUT2D eigenvalue weighted by atomic mass is 16.5. The van der Waals surface area contributed by atoms with E-state index in [1.54, 1.807) is 0 Å². The van der Waals surface area contributed by atoms with Gasteiger partial charge in [-0.15, -0.1) is 0 Å². The molecule has 0 aromatic rings. The number of nitrogens with zero attached hydrogens (tertiary/aromatic N) is 1. The maximum atomic E-state index is 12.0. The van der Waals surface area contributed by atoms with Crippen molar-refractivity contribution >= 4 is 5.97 Å². The van der Waals surface area contributed by atoms with Crippen molar-refractivity contribution in [1.82, 2.24) is 10.2 Å². The summed E-state index contributed by atoms with van der Waals surface area (Å²) in [5, 5.41) is 3.44. The molecule has 4 nitrogen and oxygen atoms in total. The average Bonchev–Trinajstić information content (AvgIpc) is 3.20. The van der Waals surface area contributed by atoms with Gasteiger partial charge in [-0.25, -0.2) is 0 Å². The Bertz CT molecular complexity index is 318. The number of piperidine rings is 1. The van der Waals surface area contributed by atoms with Crippen molar-refractivity contribution in [3.8, 4) is 0 Å². The molecule has 2 aliphatic rings. The van der Waals surface area contributed by atoms with Gasteiger partial charge in [0.05, 0.1) is 6.61 Å². The van der Waals surface area contributed by atoms with E-state index in [9.17, 15) is 4.79 Å². The predicted molar refractivity (Wildman–Crippen MR) is 80.6 cm³/mol. The molecule has 116 valence electrons. The molecule has 1 saturated carbocycles. The monoisotopic (exact) mass is 282 g/mol. The van der Waals surface area contributed by atoms with Gasteiger partial charge in [-0.05, 0) is 58.4 Å². The minimum atomic E-state index is -0.117. The summed E-state index contributed by atoms with van der Waals surface area (Å²) in [5.74, 6) is 0.768. The zero-order valence-electron chi connectivity index (χ0n) is 13.2. The quantitative estimate of drug-likeness (QED) is 0.727. The molecule has 1 heterocycles. The number of ether oxygens (including phenoxy) is 1. The topological polar surface area (TPSA) is 41.6 Å². The first-order chi connectivity index (χ1) is 9.60. The van der Waals surface area contributed by atoms with Crippen LogP contribution in [-0.2, 0) is 9.53 Å². The van der Waals surface area contributed by atoms with Crippen LogP contribution in [0.1, 0.15) is 52.9 Å². The van der Waals surface area contributed by atoms with Gasteiger partial charge in [0, 0.05) is 18.6 Å². The summed E-state index contributed by atoms with van der Waals surface area (Å²) < 4.78 is 5.20. The van der Waals surface area contributed by atoms with Crippen LogP contribution in [0.3, 0.4) is 0 Å². The van der Waals surface area contributed by atoms with Gasteiger partial charge in [0.2, 0.25) is 0 Å². The van der Waals surface area contributed by atoms with Crippen molar-refractivity contribution in [3.63, 3.8) is 0 Å². The molecule has 20 heavy (non-hydrogen) atoms. The Kier molecular flexibility index (Phi) is 5.85. The van der Waals surface area contributed by atoms with E-state index in [1.807, 2.05) is 6.92 Å². The van der Waals surface area contributed by atoms with Crippen molar-refractivity contribution in [3.05, 3.63) is 0 Å². The normalized spacial score (nSPS) is 29.1. The van der Waals surface area contributed by atoms with Crippen LogP contribution in [0.5, 0.6) is 0 Å². The molecule has 1 aliphatic heterocycles. The summed E-state index contributed by atoms with van der Waals surface area (Å²) in [6, 6.07) is 1.07. The molecule has 3 atom stereocenters. The fourth-order valence-electron chi connectivity index (χ4n) is 3.13. The molecule has 0 aromatic heterocycles. The van der Waals surface area contributed by atoms with Gasteiger partial charge in [-0.3, -0.25) is 4.79 Å². The van der Waals surface area contributed by atoms with Gasteiger partial charge in [0.1, 0.15) is 6.04 Å². The molecular formula is C16H30N2O2. The number of nitrogens with one attached hydrogen (secondary N) is 1. The van der Waals surface area contributed by atoms with E-state index in [1.165, 1.54) is 32.2 Å². The van der Waals surface area contributed by atoms with E-state index in [0.717, 1.165) is 18.9 Å². The van der Waals surface area contributed by atoms with Crippen LogP contribution < -0.4 is 5.32 Å². The molecule has 2 fully saturated rings. The van der Waals surface area contributed by atoms with Gasteiger partial charge < -0.3 is 15.0 Å². The molecule has 0 amide bonds. The molecule has 2 rings (SSSR count). The van der Waals surface area contributed by atoms with Gasteiger partial charge in [0.15, 0.2) is 0 Å². The summed E-state index contributed by atoms with van der Waals surface area (Å²) in [6.07, 6.45) is 5.83. The lowest BCUT2D eigenvalue weighted by Gasteiger charge is -2.37.